The molecule has 1 aromatic carbocycles. The number of carbonyl (C=O) groups excluding carboxylic acids is 1. The molecule has 0 saturated carbocycles. The number of benzene rings is 1. The van der Waals surface area contributed by atoms with E-state index in [1.165, 1.54) is 0 Å². The van der Waals surface area contributed by atoms with E-state index in [4.69, 9.17) is 4.74 Å². The Balaban J connectivity index is 2.07. The lowest BCUT2D eigenvalue weighted by molar-refractivity contribution is 0.0526. The molecule has 21 heavy (non-hydrogen) atoms. The molecule has 5 nitrogen and oxygen atoms in total. The van der Waals surface area contributed by atoms with Crippen LogP contribution in [0, 0.1) is 6.92 Å². The number of ether oxygens (including phenoxy) is 1. The number of rotatable bonds is 5. The Morgan fingerprint density at radius 3 is 2.81 bits per heavy atom. The Morgan fingerprint density at radius 2 is 2.24 bits per heavy atom. The summed E-state index contributed by atoms with van der Waals surface area (Å²) in [6.07, 6.45) is 1.99. The number of anilines is 1. The van der Waals surface area contributed by atoms with Crippen LogP contribution >= 0.6 is 15.9 Å². The number of aromatic nitrogens is 2. The van der Waals surface area contributed by atoms with Gasteiger partial charge in [-0.15, -0.1) is 0 Å². The molecular weight excluding hydrogens is 334 g/mol. The Hall–Kier alpha value is -1.82. The normalized spacial score (nSPS) is 10.5. The molecule has 0 aliphatic rings. The second-order valence-electron chi connectivity index (χ2n) is 4.68. The highest BCUT2D eigenvalue weighted by Crippen LogP contribution is 2.25. The quantitative estimate of drug-likeness (QED) is 0.839. The SMILES string of the molecule is CCOC(=O)c1ccc(NCc2cn(C)nc2C)c(Br)c1. The average molecular weight is 352 g/mol. The molecule has 0 unspecified atom stereocenters. The molecule has 0 saturated heterocycles. The zero-order valence-corrected chi connectivity index (χ0v) is 13.9. The highest BCUT2D eigenvalue weighted by Gasteiger charge is 2.10. The number of hydrogen-bond acceptors (Lipinski definition) is 4. The summed E-state index contributed by atoms with van der Waals surface area (Å²) in [7, 11) is 1.90. The molecule has 0 atom stereocenters. The van der Waals surface area contributed by atoms with E-state index in [0.29, 0.717) is 18.7 Å². The summed E-state index contributed by atoms with van der Waals surface area (Å²) in [6, 6.07) is 5.37. The molecule has 1 heterocycles. The van der Waals surface area contributed by atoms with Gasteiger partial charge in [0.2, 0.25) is 0 Å². The van der Waals surface area contributed by atoms with Crippen LogP contribution in [-0.4, -0.2) is 22.4 Å². The molecule has 1 aromatic heterocycles. The van der Waals surface area contributed by atoms with Gasteiger partial charge in [-0.05, 0) is 48.0 Å². The molecular formula is C15H18BrN3O2. The highest BCUT2D eigenvalue weighted by molar-refractivity contribution is 9.10. The van der Waals surface area contributed by atoms with Gasteiger partial charge < -0.3 is 10.1 Å². The molecule has 0 amide bonds. The lowest BCUT2D eigenvalue weighted by Gasteiger charge is -2.09. The zero-order valence-electron chi connectivity index (χ0n) is 12.3. The average Bonchev–Trinajstić information content (AvgIpc) is 2.76. The maximum Gasteiger partial charge on any atom is 0.338 e. The second-order valence-corrected chi connectivity index (χ2v) is 5.54. The summed E-state index contributed by atoms with van der Waals surface area (Å²) in [4.78, 5) is 11.7. The fourth-order valence-corrected chi connectivity index (χ4v) is 2.53. The van der Waals surface area contributed by atoms with E-state index in [2.05, 4.69) is 26.3 Å². The molecule has 112 valence electrons. The molecule has 0 aliphatic heterocycles. The second kappa shape index (κ2) is 6.76. The Kier molecular flexibility index (Phi) is 5.01. The van der Waals surface area contributed by atoms with E-state index in [9.17, 15) is 4.79 Å². The lowest BCUT2D eigenvalue weighted by atomic mass is 10.2. The first-order chi connectivity index (χ1) is 10.0. The van der Waals surface area contributed by atoms with Crippen molar-refractivity contribution in [2.24, 2.45) is 7.05 Å². The first-order valence-corrected chi connectivity index (χ1v) is 7.50. The maximum atomic E-state index is 11.7. The fraction of sp³-hybridized carbons (Fsp3) is 0.333. The van der Waals surface area contributed by atoms with Crippen LogP contribution in [0.15, 0.2) is 28.9 Å². The van der Waals surface area contributed by atoms with Crippen molar-refractivity contribution in [3.8, 4) is 0 Å². The van der Waals surface area contributed by atoms with E-state index in [1.54, 1.807) is 23.7 Å². The number of halogens is 1. The first kappa shape index (κ1) is 15.6. The van der Waals surface area contributed by atoms with Crippen molar-refractivity contribution in [1.29, 1.82) is 0 Å². The zero-order chi connectivity index (χ0) is 15.4. The van der Waals surface area contributed by atoms with Crippen LogP contribution < -0.4 is 5.32 Å². The number of aryl methyl sites for hydroxylation is 2. The Bertz CT molecular complexity index is 652. The van der Waals surface area contributed by atoms with E-state index in [1.807, 2.05) is 26.2 Å². The monoisotopic (exact) mass is 351 g/mol. The van der Waals surface area contributed by atoms with Gasteiger partial charge in [-0.1, -0.05) is 0 Å². The van der Waals surface area contributed by atoms with Gasteiger partial charge in [-0.3, -0.25) is 4.68 Å². The Labute approximate surface area is 132 Å². The molecule has 0 aliphatic carbocycles. The number of carbonyl (C=O) groups is 1. The molecule has 1 N–H and O–H groups in total. The van der Waals surface area contributed by atoms with Crippen molar-refractivity contribution < 1.29 is 9.53 Å². The fourth-order valence-electron chi connectivity index (χ4n) is 2.01. The first-order valence-electron chi connectivity index (χ1n) is 6.71. The van der Waals surface area contributed by atoms with Crippen LogP contribution in [-0.2, 0) is 18.3 Å². The van der Waals surface area contributed by atoms with Gasteiger partial charge in [-0.25, -0.2) is 4.79 Å². The number of hydrogen-bond donors (Lipinski definition) is 1. The van der Waals surface area contributed by atoms with Crippen LogP contribution in [0.4, 0.5) is 5.69 Å². The third-order valence-corrected chi connectivity index (χ3v) is 3.72. The molecule has 0 fully saturated rings. The summed E-state index contributed by atoms with van der Waals surface area (Å²) in [5.74, 6) is -0.312. The van der Waals surface area contributed by atoms with Crippen LogP contribution in [0.2, 0.25) is 0 Å². The van der Waals surface area contributed by atoms with Gasteiger partial charge in [0.05, 0.1) is 17.9 Å². The van der Waals surface area contributed by atoms with Crippen LogP contribution in [0.25, 0.3) is 0 Å². The van der Waals surface area contributed by atoms with Gasteiger partial charge in [0, 0.05) is 35.5 Å². The number of nitrogens with one attached hydrogen (secondary N) is 1. The summed E-state index contributed by atoms with van der Waals surface area (Å²) in [5, 5.41) is 7.64. The van der Waals surface area contributed by atoms with Crippen molar-refractivity contribution in [2.75, 3.05) is 11.9 Å². The van der Waals surface area contributed by atoms with E-state index < -0.39 is 0 Å². The van der Waals surface area contributed by atoms with Crippen molar-refractivity contribution in [2.45, 2.75) is 20.4 Å². The van der Waals surface area contributed by atoms with Crippen molar-refractivity contribution in [3.05, 3.63) is 45.7 Å². The van der Waals surface area contributed by atoms with Crippen LogP contribution in [0.3, 0.4) is 0 Å². The summed E-state index contributed by atoms with van der Waals surface area (Å²) < 4.78 is 7.60. The maximum absolute atomic E-state index is 11.7. The molecule has 2 rings (SSSR count). The van der Waals surface area contributed by atoms with Crippen molar-refractivity contribution in [3.63, 3.8) is 0 Å². The summed E-state index contributed by atoms with van der Waals surface area (Å²) >= 11 is 3.47. The molecule has 6 heteroatoms. The third-order valence-electron chi connectivity index (χ3n) is 3.06. The van der Waals surface area contributed by atoms with Gasteiger partial charge >= 0.3 is 5.97 Å². The van der Waals surface area contributed by atoms with Crippen LogP contribution in [0.5, 0.6) is 0 Å². The third kappa shape index (κ3) is 3.85. The van der Waals surface area contributed by atoms with Gasteiger partial charge in [-0.2, -0.15) is 5.10 Å². The smallest absolute Gasteiger partial charge is 0.338 e. The minimum atomic E-state index is -0.312. The van der Waals surface area contributed by atoms with Crippen molar-refractivity contribution >= 4 is 27.6 Å². The van der Waals surface area contributed by atoms with Gasteiger partial charge in [0.25, 0.3) is 0 Å². The molecule has 0 spiro atoms. The van der Waals surface area contributed by atoms with E-state index in [-0.39, 0.29) is 5.97 Å². The predicted octanol–water partition coefficient (Wildman–Crippen LogP) is 3.28. The topological polar surface area (TPSA) is 56.1 Å². The van der Waals surface area contributed by atoms with Crippen molar-refractivity contribution in [1.82, 2.24) is 9.78 Å². The summed E-state index contributed by atoms with van der Waals surface area (Å²) in [5.41, 5.74) is 3.60. The van der Waals surface area contributed by atoms with E-state index in [0.717, 1.165) is 21.4 Å². The van der Waals surface area contributed by atoms with E-state index >= 15 is 0 Å². The highest BCUT2D eigenvalue weighted by atomic mass is 79.9. The lowest BCUT2D eigenvalue weighted by Crippen LogP contribution is -2.06. The predicted molar refractivity (Wildman–Crippen MR) is 85.4 cm³/mol. The van der Waals surface area contributed by atoms with Gasteiger partial charge in [0.15, 0.2) is 0 Å². The minimum Gasteiger partial charge on any atom is -0.462 e. The molecule has 2 aromatic rings. The van der Waals surface area contributed by atoms with Gasteiger partial charge in [0.1, 0.15) is 0 Å². The largest absolute Gasteiger partial charge is 0.462 e. The standard InChI is InChI=1S/C15H18BrN3O2/c1-4-21-15(20)11-5-6-14(13(16)7-11)17-8-12-9-19(3)18-10(12)2/h5-7,9,17H,4,8H2,1-3H3. The number of esters is 1. The molecule has 0 bridgehead atoms. The molecule has 0 radical (unpaired) electrons. The van der Waals surface area contributed by atoms with Crippen LogP contribution in [0.1, 0.15) is 28.5 Å². The minimum absolute atomic E-state index is 0.312. The summed E-state index contributed by atoms with van der Waals surface area (Å²) in [6.45, 7) is 4.82. The Morgan fingerprint density at radius 1 is 1.48 bits per heavy atom. The number of nitrogens with zero attached hydrogens (tertiary/aromatic N) is 2.